The van der Waals surface area contributed by atoms with Gasteiger partial charge in [-0.05, 0) is 42.3 Å². The van der Waals surface area contributed by atoms with Gasteiger partial charge in [0.1, 0.15) is 18.7 Å². The SMILES string of the molecule is Cc1ccc(F)cc1COc1c(F)cc(C=O)cc1F. The maximum Gasteiger partial charge on any atom is 0.191 e. The quantitative estimate of drug-likeness (QED) is 0.796. The number of aryl methyl sites for hydroxylation is 1. The highest BCUT2D eigenvalue weighted by Crippen LogP contribution is 2.24. The summed E-state index contributed by atoms with van der Waals surface area (Å²) < 4.78 is 45.3. The van der Waals surface area contributed by atoms with Gasteiger partial charge in [-0.2, -0.15) is 0 Å². The van der Waals surface area contributed by atoms with E-state index in [9.17, 15) is 18.0 Å². The molecule has 0 aromatic heterocycles. The lowest BCUT2D eigenvalue weighted by Gasteiger charge is -2.10. The van der Waals surface area contributed by atoms with Crippen LogP contribution in [-0.2, 0) is 6.61 Å². The Morgan fingerprint density at radius 2 is 1.75 bits per heavy atom. The molecule has 0 aliphatic carbocycles. The van der Waals surface area contributed by atoms with E-state index in [1.165, 1.54) is 12.1 Å². The first-order chi connectivity index (χ1) is 9.51. The number of aldehydes is 1. The molecule has 20 heavy (non-hydrogen) atoms. The molecule has 0 atom stereocenters. The number of carbonyl (C=O) groups excluding carboxylic acids is 1. The number of halogens is 3. The Kier molecular flexibility index (Phi) is 4.08. The Hall–Kier alpha value is -2.30. The summed E-state index contributed by atoms with van der Waals surface area (Å²) in [5.74, 6) is -2.98. The topological polar surface area (TPSA) is 26.3 Å². The fourth-order valence-electron chi connectivity index (χ4n) is 1.73. The van der Waals surface area contributed by atoms with Gasteiger partial charge in [-0.15, -0.1) is 0 Å². The van der Waals surface area contributed by atoms with Crippen LogP contribution in [0, 0.1) is 24.4 Å². The third kappa shape index (κ3) is 2.99. The van der Waals surface area contributed by atoms with Crippen LogP contribution in [0.4, 0.5) is 13.2 Å². The zero-order valence-electron chi connectivity index (χ0n) is 10.6. The number of rotatable bonds is 4. The smallest absolute Gasteiger partial charge is 0.191 e. The Morgan fingerprint density at radius 1 is 1.10 bits per heavy atom. The largest absolute Gasteiger partial charge is 0.483 e. The van der Waals surface area contributed by atoms with Gasteiger partial charge in [0, 0.05) is 5.56 Å². The number of benzene rings is 2. The van der Waals surface area contributed by atoms with Gasteiger partial charge in [0.15, 0.2) is 17.4 Å². The van der Waals surface area contributed by atoms with Gasteiger partial charge < -0.3 is 4.74 Å². The Balaban J connectivity index is 2.23. The molecule has 2 rings (SSSR count). The van der Waals surface area contributed by atoms with Crippen molar-refractivity contribution in [2.24, 2.45) is 0 Å². The van der Waals surface area contributed by atoms with Crippen LogP contribution in [0.2, 0.25) is 0 Å². The average molecular weight is 280 g/mol. The van der Waals surface area contributed by atoms with Crippen LogP contribution in [0.15, 0.2) is 30.3 Å². The molecule has 0 amide bonds. The van der Waals surface area contributed by atoms with Crippen LogP contribution >= 0.6 is 0 Å². The minimum absolute atomic E-state index is 0.116. The van der Waals surface area contributed by atoms with E-state index in [1.54, 1.807) is 13.0 Å². The number of hydrogen-bond acceptors (Lipinski definition) is 2. The molecule has 2 aromatic rings. The van der Waals surface area contributed by atoms with Gasteiger partial charge in [0.2, 0.25) is 0 Å². The number of carbonyl (C=O) groups is 1. The summed E-state index contributed by atoms with van der Waals surface area (Å²) in [4.78, 5) is 10.5. The van der Waals surface area contributed by atoms with E-state index in [4.69, 9.17) is 4.74 Å². The lowest BCUT2D eigenvalue weighted by Crippen LogP contribution is -2.03. The Bertz CT molecular complexity index is 631. The molecule has 0 bridgehead atoms. The van der Waals surface area contributed by atoms with Gasteiger partial charge >= 0.3 is 0 Å². The van der Waals surface area contributed by atoms with Crippen molar-refractivity contribution >= 4 is 6.29 Å². The highest BCUT2D eigenvalue weighted by molar-refractivity contribution is 5.75. The fourth-order valence-corrected chi connectivity index (χ4v) is 1.73. The molecule has 0 N–H and O–H groups in total. The second-order valence-corrected chi connectivity index (χ2v) is 4.29. The molecule has 0 spiro atoms. The first-order valence-corrected chi connectivity index (χ1v) is 5.83. The van der Waals surface area contributed by atoms with Gasteiger partial charge in [0.25, 0.3) is 0 Å². The molecule has 0 aliphatic rings. The lowest BCUT2D eigenvalue weighted by atomic mass is 10.1. The first kappa shape index (κ1) is 14.1. The van der Waals surface area contributed by atoms with Crippen molar-refractivity contribution in [1.82, 2.24) is 0 Å². The zero-order valence-corrected chi connectivity index (χ0v) is 10.6. The minimum atomic E-state index is -0.971. The molecule has 2 nitrogen and oxygen atoms in total. The van der Waals surface area contributed by atoms with E-state index >= 15 is 0 Å². The Morgan fingerprint density at radius 3 is 2.35 bits per heavy atom. The summed E-state index contributed by atoms with van der Waals surface area (Å²) in [6.45, 7) is 1.57. The van der Waals surface area contributed by atoms with E-state index in [0.29, 0.717) is 11.8 Å². The van der Waals surface area contributed by atoms with E-state index < -0.39 is 23.2 Å². The second-order valence-electron chi connectivity index (χ2n) is 4.29. The monoisotopic (exact) mass is 280 g/mol. The highest BCUT2D eigenvalue weighted by atomic mass is 19.1. The van der Waals surface area contributed by atoms with Crippen molar-refractivity contribution in [3.8, 4) is 5.75 Å². The van der Waals surface area contributed by atoms with Crippen molar-refractivity contribution in [2.75, 3.05) is 0 Å². The van der Waals surface area contributed by atoms with Gasteiger partial charge in [-0.25, -0.2) is 13.2 Å². The third-order valence-corrected chi connectivity index (χ3v) is 2.84. The molecule has 0 aliphatic heterocycles. The van der Waals surface area contributed by atoms with Crippen molar-refractivity contribution in [1.29, 1.82) is 0 Å². The van der Waals surface area contributed by atoms with E-state index in [1.807, 2.05) is 0 Å². The summed E-state index contributed by atoms with van der Waals surface area (Å²) in [5, 5.41) is 0. The fraction of sp³-hybridized carbons (Fsp3) is 0.133. The van der Waals surface area contributed by atoms with Crippen molar-refractivity contribution in [2.45, 2.75) is 13.5 Å². The van der Waals surface area contributed by atoms with Crippen LogP contribution in [0.5, 0.6) is 5.75 Å². The maximum atomic E-state index is 13.6. The molecule has 2 aromatic carbocycles. The van der Waals surface area contributed by atoms with Gasteiger partial charge in [0.05, 0.1) is 0 Å². The van der Waals surface area contributed by atoms with Gasteiger partial charge in [-0.1, -0.05) is 6.07 Å². The molecule has 5 heteroatoms. The summed E-state index contributed by atoms with van der Waals surface area (Å²) in [6.07, 6.45) is 0.340. The molecular formula is C15H11F3O2. The zero-order chi connectivity index (χ0) is 14.7. The summed E-state index contributed by atoms with van der Waals surface area (Å²) >= 11 is 0. The number of ether oxygens (including phenoxy) is 1. The normalized spacial score (nSPS) is 10.4. The highest BCUT2D eigenvalue weighted by Gasteiger charge is 2.13. The molecule has 0 heterocycles. The minimum Gasteiger partial charge on any atom is -0.483 e. The van der Waals surface area contributed by atoms with Crippen LogP contribution in [0.3, 0.4) is 0 Å². The van der Waals surface area contributed by atoms with Crippen LogP contribution < -0.4 is 4.74 Å². The van der Waals surface area contributed by atoms with Crippen LogP contribution in [0.25, 0.3) is 0 Å². The van der Waals surface area contributed by atoms with Crippen LogP contribution in [-0.4, -0.2) is 6.29 Å². The standard InChI is InChI=1S/C15H11F3O2/c1-9-2-3-12(16)6-11(9)8-20-15-13(17)4-10(7-19)5-14(15)18/h2-7H,8H2,1H3. The second kappa shape index (κ2) is 5.77. The summed E-state index contributed by atoms with van der Waals surface area (Å²) in [7, 11) is 0. The third-order valence-electron chi connectivity index (χ3n) is 2.84. The average Bonchev–Trinajstić information content (AvgIpc) is 2.41. The Labute approximate surface area is 113 Å². The van der Waals surface area contributed by atoms with Crippen molar-refractivity contribution in [3.05, 3.63) is 64.5 Å². The molecule has 104 valence electrons. The van der Waals surface area contributed by atoms with Crippen LogP contribution in [0.1, 0.15) is 21.5 Å². The summed E-state index contributed by atoms with van der Waals surface area (Å²) in [6, 6.07) is 5.84. The predicted octanol–water partition coefficient (Wildman–Crippen LogP) is 3.80. The van der Waals surface area contributed by atoms with Crippen molar-refractivity contribution in [3.63, 3.8) is 0 Å². The number of hydrogen-bond donors (Lipinski definition) is 0. The van der Waals surface area contributed by atoms with E-state index in [-0.39, 0.29) is 12.2 Å². The molecule has 0 saturated carbocycles. The van der Waals surface area contributed by atoms with Crippen molar-refractivity contribution < 1.29 is 22.7 Å². The molecule has 0 unspecified atom stereocenters. The molecule has 0 fully saturated rings. The van der Waals surface area contributed by atoms with Gasteiger partial charge in [-0.3, -0.25) is 4.79 Å². The lowest BCUT2D eigenvalue weighted by molar-refractivity contribution is 0.112. The predicted molar refractivity (Wildman–Crippen MR) is 67.2 cm³/mol. The molecule has 0 radical (unpaired) electrons. The maximum absolute atomic E-state index is 13.6. The van der Waals surface area contributed by atoms with E-state index in [2.05, 4.69) is 0 Å². The molecule has 0 saturated heterocycles. The molecular weight excluding hydrogens is 269 g/mol. The first-order valence-electron chi connectivity index (χ1n) is 5.83. The summed E-state index contributed by atoms with van der Waals surface area (Å²) in [5.41, 5.74) is 1.12. The van der Waals surface area contributed by atoms with E-state index in [0.717, 1.165) is 17.7 Å².